The Morgan fingerprint density at radius 1 is 1.03 bits per heavy atom. The Balaban J connectivity index is 1.53. The molecule has 3 heterocycles. The summed E-state index contributed by atoms with van der Waals surface area (Å²) in [4.78, 5) is 24.3. The van der Waals surface area contributed by atoms with E-state index in [4.69, 9.17) is 9.51 Å². The van der Waals surface area contributed by atoms with Gasteiger partial charge in [0.15, 0.2) is 16.6 Å². The SMILES string of the molecule is CCc1ccc2nc(N(Cc3ccccn3)C(=O)c3cc(-c4ccccc4)on3)sc2c1. The molecule has 5 rings (SSSR count). The monoisotopic (exact) mass is 440 g/mol. The minimum atomic E-state index is -0.281. The lowest BCUT2D eigenvalue weighted by Gasteiger charge is -2.18. The van der Waals surface area contributed by atoms with Crippen molar-refractivity contribution in [2.45, 2.75) is 19.9 Å². The van der Waals surface area contributed by atoms with Crippen molar-refractivity contribution in [1.29, 1.82) is 0 Å². The summed E-state index contributed by atoms with van der Waals surface area (Å²) in [6, 6.07) is 23.1. The Bertz CT molecular complexity index is 1360. The summed E-state index contributed by atoms with van der Waals surface area (Å²) in [5.74, 6) is 0.264. The number of nitrogens with zero attached hydrogens (tertiary/aromatic N) is 4. The van der Waals surface area contributed by atoms with Crippen molar-refractivity contribution in [3.8, 4) is 11.3 Å². The number of pyridine rings is 1. The highest BCUT2D eigenvalue weighted by Gasteiger charge is 2.25. The molecule has 7 heteroatoms. The summed E-state index contributed by atoms with van der Waals surface area (Å²) >= 11 is 1.49. The van der Waals surface area contributed by atoms with Crippen LogP contribution < -0.4 is 4.90 Å². The number of fused-ring (bicyclic) bond motifs is 1. The fraction of sp³-hybridized carbons (Fsp3) is 0.120. The molecule has 0 saturated carbocycles. The molecule has 0 fully saturated rings. The number of hydrogen-bond donors (Lipinski definition) is 0. The molecule has 1 amide bonds. The maximum atomic E-state index is 13.5. The molecular weight excluding hydrogens is 420 g/mol. The Morgan fingerprint density at radius 2 is 1.88 bits per heavy atom. The lowest BCUT2D eigenvalue weighted by atomic mass is 10.1. The molecule has 6 nitrogen and oxygen atoms in total. The minimum Gasteiger partial charge on any atom is -0.355 e. The summed E-state index contributed by atoms with van der Waals surface area (Å²) in [6.07, 6.45) is 2.66. The van der Waals surface area contributed by atoms with Gasteiger partial charge in [-0.3, -0.25) is 14.7 Å². The third kappa shape index (κ3) is 4.02. The summed E-state index contributed by atoms with van der Waals surface area (Å²) in [7, 11) is 0. The summed E-state index contributed by atoms with van der Waals surface area (Å²) < 4.78 is 6.51. The predicted octanol–water partition coefficient (Wildman–Crippen LogP) is 5.76. The van der Waals surface area contributed by atoms with Gasteiger partial charge in [-0.05, 0) is 36.2 Å². The standard InChI is InChI=1S/C25H20N4O2S/c1-2-17-11-12-20-23(14-17)32-25(27-20)29(16-19-10-6-7-13-26-19)24(30)21-15-22(31-28-21)18-8-4-3-5-9-18/h3-15H,2,16H2,1H3. The highest BCUT2D eigenvalue weighted by atomic mass is 32.1. The molecule has 32 heavy (non-hydrogen) atoms. The van der Waals surface area contributed by atoms with E-state index in [0.29, 0.717) is 10.9 Å². The van der Waals surface area contributed by atoms with Crippen molar-refractivity contribution in [1.82, 2.24) is 15.1 Å². The van der Waals surface area contributed by atoms with Crippen LogP contribution >= 0.6 is 11.3 Å². The fourth-order valence-corrected chi connectivity index (χ4v) is 4.45. The van der Waals surface area contributed by atoms with E-state index in [2.05, 4.69) is 29.2 Å². The van der Waals surface area contributed by atoms with Gasteiger partial charge >= 0.3 is 0 Å². The average Bonchev–Trinajstić information content (AvgIpc) is 3.50. The number of benzene rings is 2. The van der Waals surface area contributed by atoms with Crippen molar-refractivity contribution in [2.75, 3.05) is 4.90 Å². The quantitative estimate of drug-likeness (QED) is 0.336. The first-order valence-corrected chi connectivity index (χ1v) is 11.2. The first kappa shape index (κ1) is 20.1. The molecule has 0 spiro atoms. The summed E-state index contributed by atoms with van der Waals surface area (Å²) in [6.45, 7) is 2.41. The number of carbonyl (C=O) groups excluding carboxylic acids is 1. The van der Waals surface area contributed by atoms with Crippen molar-refractivity contribution < 1.29 is 9.32 Å². The third-order valence-corrected chi connectivity index (χ3v) is 6.20. The highest BCUT2D eigenvalue weighted by Crippen LogP contribution is 2.32. The zero-order chi connectivity index (χ0) is 21.9. The summed E-state index contributed by atoms with van der Waals surface area (Å²) in [5.41, 5.74) is 3.96. The maximum absolute atomic E-state index is 13.5. The Hall–Kier alpha value is -3.84. The molecule has 0 aliphatic carbocycles. The zero-order valence-electron chi connectivity index (χ0n) is 17.4. The second kappa shape index (κ2) is 8.72. The van der Waals surface area contributed by atoms with Gasteiger partial charge in [0.25, 0.3) is 5.91 Å². The van der Waals surface area contributed by atoms with Gasteiger partial charge in [-0.1, -0.05) is 65.9 Å². The number of amides is 1. The fourth-order valence-electron chi connectivity index (χ4n) is 3.42. The lowest BCUT2D eigenvalue weighted by molar-refractivity contribution is 0.0976. The normalized spacial score (nSPS) is 11.0. The molecule has 0 bridgehead atoms. The number of aromatic nitrogens is 3. The molecule has 5 aromatic rings. The van der Waals surface area contributed by atoms with Gasteiger partial charge in [0.05, 0.1) is 22.5 Å². The van der Waals surface area contributed by atoms with Crippen LogP contribution in [0.25, 0.3) is 21.5 Å². The van der Waals surface area contributed by atoms with E-state index in [1.165, 1.54) is 16.9 Å². The van der Waals surface area contributed by atoms with Gasteiger partial charge in [0, 0.05) is 17.8 Å². The van der Waals surface area contributed by atoms with Crippen LogP contribution in [0, 0.1) is 0 Å². The second-order valence-electron chi connectivity index (χ2n) is 7.31. The van der Waals surface area contributed by atoms with Gasteiger partial charge in [0.1, 0.15) is 0 Å². The maximum Gasteiger partial charge on any atom is 0.282 e. The van der Waals surface area contributed by atoms with Gasteiger partial charge in [-0.15, -0.1) is 0 Å². The van der Waals surface area contributed by atoms with Crippen LogP contribution in [0.4, 0.5) is 5.13 Å². The number of hydrogen-bond acceptors (Lipinski definition) is 6. The molecule has 0 aliphatic rings. The smallest absolute Gasteiger partial charge is 0.282 e. The van der Waals surface area contributed by atoms with Crippen molar-refractivity contribution in [3.05, 3.63) is 95.9 Å². The van der Waals surface area contributed by atoms with Crippen LogP contribution in [-0.2, 0) is 13.0 Å². The number of carbonyl (C=O) groups is 1. The topological polar surface area (TPSA) is 72.1 Å². The Labute approximate surface area is 189 Å². The van der Waals surface area contributed by atoms with E-state index in [-0.39, 0.29) is 18.1 Å². The average molecular weight is 441 g/mol. The number of thiazole rings is 1. The van der Waals surface area contributed by atoms with Crippen molar-refractivity contribution >= 4 is 32.6 Å². The largest absolute Gasteiger partial charge is 0.355 e. The van der Waals surface area contributed by atoms with E-state index < -0.39 is 0 Å². The van der Waals surface area contributed by atoms with E-state index in [9.17, 15) is 4.79 Å². The molecule has 0 atom stereocenters. The van der Waals surface area contributed by atoms with Gasteiger partial charge < -0.3 is 4.52 Å². The molecule has 0 aliphatic heterocycles. The summed E-state index contributed by atoms with van der Waals surface area (Å²) in [5, 5.41) is 4.66. The molecule has 2 aromatic carbocycles. The zero-order valence-corrected chi connectivity index (χ0v) is 18.2. The van der Waals surface area contributed by atoms with Crippen LogP contribution in [0.15, 0.2) is 83.5 Å². The molecule has 0 unspecified atom stereocenters. The first-order valence-electron chi connectivity index (χ1n) is 10.3. The molecule has 0 radical (unpaired) electrons. The molecule has 158 valence electrons. The van der Waals surface area contributed by atoms with Crippen molar-refractivity contribution in [2.24, 2.45) is 0 Å². The van der Waals surface area contributed by atoms with E-state index in [1.54, 1.807) is 17.2 Å². The minimum absolute atomic E-state index is 0.230. The number of anilines is 1. The van der Waals surface area contributed by atoms with Gasteiger partial charge in [0.2, 0.25) is 0 Å². The lowest BCUT2D eigenvalue weighted by Crippen LogP contribution is -2.31. The van der Waals surface area contributed by atoms with Crippen LogP contribution in [0.3, 0.4) is 0 Å². The van der Waals surface area contributed by atoms with Crippen LogP contribution in [-0.4, -0.2) is 21.0 Å². The second-order valence-corrected chi connectivity index (χ2v) is 8.32. The van der Waals surface area contributed by atoms with Crippen LogP contribution in [0.5, 0.6) is 0 Å². The molecule has 0 N–H and O–H groups in total. The van der Waals surface area contributed by atoms with Crippen molar-refractivity contribution in [3.63, 3.8) is 0 Å². The molecular formula is C25H20N4O2S. The van der Waals surface area contributed by atoms with E-state index >= 15 is 0 Å². The number of rotatable bonds is 6. The van der Waals surface area contributed by atoms with Gasteiger partial charge in [-0.25, -0.2) is 4.98 Å². The Morgan fingerprint density at radius 3 is 2.66 bits per heavy atom. The molecule has 0 saturated heterocycles. The van der Waals surface area contributed by atoms with E-state index in [1.807, 2.05) is 54.6 Å². The molecule has 3 aromatic heterocycles. The predicted molar refractivity (Wildman–Crippen MR) is 126 cm³/mol. The van der Waals surface area contributed by atoms with E-state index in [0.717, 1.165) is 27.9 Å². The third-order valence-electron chi connectivity index (χ3n) is 5.16. The number of aryl methyl sites for hydroxylation is 1. The van der Waals surface area contributed by atoms with Gasteiger partial charge in [-0.2, -0.15) is 0 Å². The van der Waals surface area contributed by atoms with Crippen LogP contribution in [0.1, 0.15) is 28.7 Å². The van der Waals surface area contributed by atoms with Crippen LogP contribution in [0.2, 0.25) is 0 Å². The Kier molecular flexibility index (Phi) is 5.47. The highest BCUT2D eigenvalue weighted by molar-refractivity contribution is 7.22. The first-order chi connectivity index (χ1) is 15.7.